The van der Waals surface area contributed by atoms with E-state index in [-0.39, 0.29) is 22.6 Å². The van der Waals surface area contributed by atoms with Crippen LogP contribution >= 0.6 is 12.2 Å². The lowest BCUT2D eigenvalue weighted by atomic mass is 9.99. The monoisotopic (exact) mass is 446 g/mol. The summed E-state index contributed by atoms with van der Waals surface area (Å²) in [7, 11) is -3.97. The molecular formula is C21H22N2O5S2. The van der Waals surface area contributed by atoms with Gasteiger partial charge in [0.05, 0.1) is 5.75 Å². The van der Waals surface area contributed by atoms with Crippen molar-refractivity contribution in [1.82, 2.24) is 4.90 Å². The first-order chi connectivity index (χ1) is 14.3. The Hall–Kier alpha value is -2.75. The second-order valence-electron chi connectivity index (χ2n) is 6.62. The molecule has 1 saturated heterocycles. The van der Waals surface area contributed by atoms with E-state index in [1.807, 2.05) is 60.5 Å². The fourth-order valence-electron chi connectivity index (χ4n) is 3.16. The SMILES string of the molecule is CCN1C(=O)\C(=C/C=C/C=C2/C=CN(CCCS(=O)(=O)O)c3ccccc32)OC1=S. The highest BCUT2D eigenvalue weighted by molar-refractivity contribution is 7.85. The molecule has 1 aromatic carbocycles. The zero-order valence-corrected chi connectivity index (χ0v) is 18.0. The van der Waals surface area contributed by atoms with E-state index in [0.29, 0.717) is 19.5 Å². The number of rotatable bonds is 7. The largest absolute Gasteiger partial charge is 0.426 e. The number of carbonyl (C=O) groups excluding carboxylic acids is 1. The molecule has 0 radical (unpaired) electrons. The van der Waals surface area contributed by atoms with E-state index in [9.17, 15) is 13.2 Å². The lowest BCUT2D eigenvalue weighted by molar-refractivity contribution is -0.122. The number of carbonyl (C=O) groups is 1. The van der Waals surface area contributed by atoms with Crippen LogP contribution in [0, 0.1) is 0 Å². The van der Waals surface area contributed by atoms with Crippen molar-refractivity contribution in [3.05, 3.63) is 72.2 Å². The van der Waals surface area contributed by atoms with Gasteiger partial charge in [0.25, 0.3) is 21.2 Å². The molecule has 1 fully saturated rings. The van der Waals surface area contributed by atoms with Crippen molar-refractivity contribution in [3.8, 4) is 0 Å². The van der Waals surface area contributed by atoms with Crippen LogP contribution in [0.3, 0.4) is 0 Å². The van der Waals surface area contributed by atoms with E-state index in [1.165, 1.54) is 4.90 Å². The maximum atomic E-state index is 12.1. The van der Waals surface area contributed by atoms with Gasteiger partial charge in [0.2, 0.25) is 0 Å². The number of ether oxygens (including phenoxy) is 1. The Morgan fingerprint density at radius 3 is 2.63 bits per heavy atom. The summed E-state index contributed by atoms with van der Waals surface area (Å²) >= 11 is 5.03. The fourth-order valence-corrected chi connectivity index (χ4v) is 3.95. The third kappa shape index (κ3) is 5.24. The number of nitrogens with zero attached hydrogens (tertiary/aromatic N) is 2. The molecule has 2 aliphatic rings. The quantitative estimate of drug-likeness (QED) is 0.391. The normalized spacial score (nSPS) is 19.3. The van der Waals surface area contributed by atoms with Gasteiger partial charge < -0.3 is 9.64 Å². The number of hydrogen-bond donors (Lipinski definition) is 1. The van der Waals surface area contributed by atoms with Gasteiger partial charge in [0.1, 0.15) is 0 Å². The first kappa shape index (κ1) is 21.9. The van der Waals surface area contributed by atoms with E-state index in [2.05, 4.69) is 0 Å². The van der Waals surface area contributed by atoms with Gasteiger partial charge in [-0.25, -0.2) is 0 Å². The second kappa shape index (κ2) is 9.38. The van der Waals surface area contributed by atoms with Crippen molar-refractivity contribution in [1.29, 1.82) is 0 Å². The van der Waals surface area contributed by atoms with Gasteiger partial charge >= 0.3 is 0 Å². The first-order valence-electron chi connectivity index (χ1n) is 9.42. The summed E-state index contributed by atoms with van der Waals surface area (Å²) in [6, 6.07) is 7.78. The van der Waals surface area contributed by atoms with Crippen LogP contribution in [0.25, 0.3) is 5.57 Å². The van der Waals surface area contributed by atoms with E-state index in [0.717, 1.165) is 16.8 Å². The van der Waals surface area contributed by atoms with Gasteiger partial charge in [-0.15, -0.1) is 0 Å². The molecule has 1 aromatic rings. The molecule has 9 heteroatoms. The minimum atomic E-state index is -3.97. The Labute approximate surface area is 181 Å². The molecule has 0 saturated carbocycles. The molecule has 0 atom stereocenters. The van der Waals surface area contributed by atoms with Crippen molar-refractivity contribution in [2.45, 2.75) is 13.3 Å². The topological polar surface area (TPSA) is 87.2 Å². The standard InChI is InChI=1S/C21H22N2O5S2/c1-2-23-20(24)19(28-21(23)29)11-6-3-8-16-12-14-22(13-7-15-30(25,26)27)18-10-5-4-9-17(16)18/h3-6,8-12,14H,2,7,13,15H2,1H3,(H,25,26,27)/b6-3+,16-8-,19-11+. The van der Waals surface area contributed by atoms with Crippen LogP contribution in [-0.4, -0.2) is 47.8 Å². The van der Waals surface area contributed by atoms with Crippen LogP contribution in [-0.2, 0) is 19.6 Å². The molecule has 1 N–H and O–H groups in total. The minimum Gasteiger partial charge on any atom is -0.426 e. The van der Waals surface area contributed by atoms with Gasteiger partial charge in [-0.05, 0) is 49.4 Å². The first-order valence-corrected chi connectivity index (χ1v) is 11.4. The molecule has 0 bridgehead atoms. The molecule has 30 heavy (non-hydrogen) atoms. The molecule has 7 nitrogen and oxygen atoms in total. The lowest BCUT2D eigenvalue weighted by Crippen LogP contribution is -2.27. The van der Waals surface area contributed by atoms with Crippen molar-refractivity contribution in [2.75, 3.05) is 23.7 Å². The zero-order chi connectivity index (χ0) is 21.7. The predicted molar refractivity (Wildman–Crippen MR) is 120 cm³/mol. The summed E-state index contributed by atoms with van der Waals surface area (Å²) in [5.74, 6) is -0.330. The maximum Gasteiger partial charge on any atom is 0.297 e. The number of benzene rings is 1. The van der Waals surface area contributed by atoms with Crippen LogP contribution in [0.5, 0.6) is 0 Å². The Morgan fingerprint density at radius 1 is 1.20 bits per heavy atom. The number of amides is 1. The minimum absolute atomic E-state index is 0.165. The number of hydrogen-bond acceptors (Lipinski definition) is 6. The predicted octanol–water partition coefficient (Wildman–Crippen LogP) is 3.29. The summed E-state index contributed by atoms with van der Waals surface area (Å²) in [4.78, 5) is 15.5. The van der Waals surface area contributed by atoms with Crippen molar-refractivity contribution >= 4 is 44.7 Å². The van der Waals surface area contributed by atoms with Gasteiger partial charge in [-0.3, -0.25) is 14.2 Å². The second-order valence-corrected chi connectivity index (χ2v) is 8.54. The summed E-state index contributed by atoms with van der Waals surface area (Å²) in [5.41, 5.74) is 2.91. The fraction of sp³-hybridized carbons (Fsp3) is 0.238. The number of allylic oxidation sites excluding steroid dienone is 6. The van der Waals surface area contributed by atoms with Gasteiger partial charge in [-0.2, -0.15) is 8.42 Å². The smallest absolute Gasteiger partial charge is 0.297 e. The average Bonchev–Trinajstić information content (AvgIpc) is 2.98. The highest BCUT2D eigenvalue weighted by atomic mass is 32.2. The Balaban J connectivity index is 1.73. The van der Waals surface area contributed by atoms with Gasteiger partial charge in [0.15, 0.2) is 5.76 Å². The number of fused-ring (bicyclic) bond motifs is 1. The third-order valence-electron chi connectivity index (χ3n) is 4.58. The van der Waals surface area contributed by atoms with Crippen molar-refractivity contribution in [2.24, 2.45) is 0 Å². The summed E-state index contributed by atoms with van der Waals surface area (Å²) in [5, 5.41) is 0.165. The Bertz CT molecular complexity index is 1070. The number of para-hydroxylation sites is 1. The average molecular weight is 447 g/mol. The molecule has 2 heterocycles. The number of anilines is 1. The van der Waals surface area contributed by atoms with Crippen molar-refractivity contribution in [3.63, 3.8) is 0 Å². The van der Waals surface area contributed by atoms with Crippen molar-refractivity contribution < 1.29 is 22.5 Å². The Kier molecular flexibility index (Phi) is 6.86. The van der Waals surface area contributed by atoms with E-state index < -0.39 is 10.1 Å². The summed E-state index contributed by atoms with van der Waals surface area (Å²) in [6.45, 7) is 2.76. The van der Waals surface area contributed by atoms with Crippen LogP contribution in [0.2, 0.25) is 0 Å². The molecule has 3 rings (SSSR count). The van der Waals surface area contributed by atoms with E-state index in [4.69, 9.17) is 21.5 Å². The summed E-state index contributed by atoms with van der Waals surface area (Å²) in [6.07, 6.45) is 11.2. The lowest BCUT2D eigenvalue weighted by Gasteiger charge is -2.27. The molecule has 2 aliphatic heterocycles. The Morgan fingerprint density at radius 2 is 1.93 bits per heavy atom. The maximum absolute atomic E-state index is 12.1. The van der Waals surface area contributed by atoms with Gasteiger partial charge in [0, 0.05) is 30.5 Å². The van der Waals surface area contributed by atoms with Crippen LogP contribution in [0.4, 0.5) is 5.69 Å². The highest BCUT2D eigenvalue weighted by Gasteiger charge is 2.31. The molecular weight excluding hydrogens is 424 g/mol. The van der Waals surface area contributed by atoms with E-state index in [1.54, 1.807) is 12.2 Å². The third-order valence-corrected chi connectivity index (χ3v) is 5.69. The van der Waals surface area contributed by atoms with Crippen LogP contribution in [0.1, 0.15) is 18.9 Å². The molecule has 0 aromatic heterocycles. The number of thiocarbonyl (C=S) groups is 1. The summed E-state index contributed by atoms with van der Waals surface area (Å²) < 4.78 is 36.1. The molecule has 1 amide bonds. The van der Waals surface area contributed by atoms with Crippen LogP contribution < -0.4 is 4.90 Å². The van der Waals surface area contributed by atoms with Crippen LogP contribution in [0.15, 0.2) is 66.6 Å². The zero-order valence-electron chi connectivity index (χ0n) is 16.4. The molecule has 158 valence electrons. The number of likely N-dealkylation sites (N-methyl/N-ethyl adjacent to an activating group) is 1. The van der Waals surface area contributed by atoms with Gasteiger partial charge in [-0.1, -0.05) is 36.4 Å². The van der Waals surface area contributed by atoms with E-state index >= 15 is 0 Å². The molecule has 0 unspecified atom stereocenters. The molecule has 0 spiro atoms. The molecule has 0 aliphatic carbocycles. The highest BCUT2D eigenvalue weighted by Crippen LogP contribution is 2.32.